The maximum Gasteiger partial charge on any atom is 0.318 e. The summed E-state index contributed by atoms with van der Waals surface area (Å²) in [5.74, 6) is 1.92. The van der Waals surface area contributed by atoms with Gasteiger partial charge in [0.05, 0.1) is 10.0 Å². The lowest BCUT2D eigenvalue weighted by atomic mass is 10.2. The Balaban J connectivity index is 1.49. The summed E-state index contributed by atoms with van der Waals surface area (Å²) in [6.45, 7) is 5.86. The van der Waals surface area contributed by atoms with Crippen molar-refractivity contribution in [3.05, 3.63) is 28.2 Å². The molecule has 27 heavy (non-hydrogen) atoms. The van der Waals surface area contributed by atoms with Crippen LogP contribution in [0.1, 0.15) is 6.92 Å². The van der Waals surface area contributed by atoms with Gasteiger partial charge in [0.2, 0.25) is 5.91 Å². The summed E-state index contributed by atoms with van der Waals surface area (Å²) in [6.07, 6.45) is 0. The van der Waals surface area contributed by atoms with Crippen LogP contribution in [0, 0.1) is 0 Å². The monoisotopic (exact) mass is 430 g/mol. The van der Waals surface area contributed by atoms with Crippen LogP contribution >= 0.6 is 35.0 Å². The molecule has 2 aliphatic heterocycles. The number of amides is 3. The number of hydrogen-bond acceptors (Lipinski definition) is 4. The van der Waals surface area contributed by atoms with Crippen LogP contribution in [-0.4, -0.2) is 78.6 Å². The molecular formula is C18H24Cl2N4O2S. The first-order chi connectivity index (χ1) is 13.0. The van der Waals surface area contributed by atoms with Gasteiger partial charge in [-0.1, -0.05) is 23.2 Å². The first-order valence-electron chi connectivity index (χ1n) is 9.07. The van der Waals surface area contributed by atoms with Gasteiger partial charge in [0.25, 0.3) is 0 Å². The Morgan fingerprint density at radius 2 is 1.67 bits per heavy atom. The minimum absolute atomic E-state index is 0.00177. The van der Waals surface area contributed by atoms with Gasteiger partial charge in [-0.15, -0.1) is 0 Å². The number of nitrogens with one attached hydrogen (secondary N) is 1. The number of halogens is 2. The summed E-state index contributed by atoms with van der Waals surface area (Å²) in [4.78, 5) is 30.7. The van der Waals surface area contributed by atoms with Crippen molar-refractivity contribution in [2.75, 3.05) is 55.7 Å². The molecule has 0 aliphatic carbocycles. The van der Waals surface area contributed by atoms with Crippen LogP contribution < -0.4 is 10.2 Å². The Hall–Kier alpha value is -1.31. The zero-order valence-electron chi connectivity index (χ0n) is 15.3. The second-order valence-electron chi connectivity index (χ2n) is 6.68. The molecule has 2 saturated heterocycles. The molecule has 6 nitrogen and oxygen atoms in total. The van der Waals surface area contributed by atoms with Crippen molar-refractivity contribution in [3.8, 4) is 0 Å². The van der Waals surface area contributed by atoms with Crippen LogP contribution in [0.4, 0.5) is 10.5 Å². The summed E-state index contributed by atoms with van der Waals surface area (Å²) in [5, 5.41) is 3.91. The molecule has 1 aromatic carbocycles. The van der Waals surface area contributed by atoms with Crippen molar-refractivity contribution in [3.63, 3.8) is 0 Å². The molecule has 1 atom stereocenters. The Morgan fingerprint density at radius 3 is 2.30 bits per heavy atom. The molecule has 2 aliphatic rings. The van der Waals surface area contributed by atoms with Gasteiger partial charge in [-0.25, -0.2) is 4.79 Å². The van der Waals surface area contributed by atoms with Crippen molar-refractivity contribution in [1.29, 1.82) is 0 Å². The molecule has 0 bridgehead atoms. The van der Waals surface area contributed by atoms with Crippen molar-refractivity contribution in [1.82, 2.24) is 15.1 Å². The van der Waals surface area contributed by atoms with Crippen molar-refractivity contribution in [2.24, 2.45) is 0 Å². The number of thioether (sulfide) groups is 1. The van der Waals surface area contributed by atoms with Crippen LogP contribution in [0.5, 0.6) is 0 Å². The fraction of sp³-hybridized carbons (Fsp3) is 0.556. The number of nitrogens with zero attached hydrogens (tertiary/aromatic N) is 3. The normalized spacial score (nSPS) is 19.0. The van der Waals surface area contributed by atoms with E-state index in [4.69, 9.17) is 23.2 Å². The van der Waals surface area contributed by atoms with Gasteiger partial charge in [0, 0.05) is 56.5 Å². The topological polar surface area (TPSA) is 55.9 Å². The Kier molecular flexibility index (Phi) is 7.00. The van der Waals surface area contributed by atoms with E-state index in [1.54, 1.807) is 17.9 Å². The number of hydrogen-bond donors (Lipinski definition) is 1. The minimum atomic E-state index is -0.506. The van der Waals surface area contributed by atoms with Gasteiger partial charge in [0.15, 0.2) is 0 Å². The fourth-order valence-electron chi connectivity index (χ4n) is 3.25. The van der Waals surface area contributed by atoms with Gasteiger partial charge in [-0.2, -0.15) is 11.8 Å². The smallest absolute Gasteiger partial charge is 0.318 e. The van der Waals surface area contributed by atoms with Gasteiger partial charge in [-0.3, -0.25) is 4.79 Å². The summed E-state index contributed by atoms with van der Waals surface area (Å²) in [6, 6.07) is 4.87. The predicted octanol–water partition coefficient (Wildman–Crippen LogP) is 2.79. The molecule has 148 valence electrons. The van der Waals surface area contributed by atoms with E-state index < -0.39 is 6.04 Å². The Labute approximate surface area is 174 Å². The minimum Gasteiger partial charge on any atom is -0.368 e. The number of urea groups is 1. The van der Waals surface area contributed by atoms with Crippen LogP contribution in [-0.2, 0) is 4.79 Å². The molecule has 2 heterocycles. The highest BCUT2D eigenvalue weighted by molar-refractivity contribution is 7.99. The van der Waals surface area contributed by atoms with Crippen molar-refractivity contribution in [2.45, 2.75) is 13.0 Å². The van der Waals surface area contributed by atoms with Gasteiger partial charge < -0.3 is 20.0 Å². The number of carbonyl (C=O) groups is 2. The molecule has 2 fully saturated rings. The average Bonchev–Trinajstić information content (AvgIpc) is 2.70. The summed E-state index contributed by atoms with van der Waals surface area (Å²) in [5.41, 5.74) is 0.996. The molecule has 1 aromatic rings. The summed E-state index contributed by atoms with van der Waals surface area (Å²) >= 11 is 13.9. The van der Waals surface area contributed by atoms with Crippen LogP contribution in [0.25, 0.3) is 0 Å². The molecule has 0 aromatic heterocycles. The van der Waals surface area contributed by atoms with E-state index >= 15 is 0 Å². The Bertz CT molecular complexity index is 692. The van der Waals surface area contributed by atoms with Gasteiger partial charge in [-0.05, 0) is 25.1 Å². The summed E-state index contributed by atoms with van der Waals surface area (Å²) < 4.78 is 0. The van der Waals surface area contributed by atoms with E-state index in [0.29, 0.717) is 36.2 Å². The standard InChI is InChI=1S/C18H24Cl2N4O2S/c1-13(17(25)23-8-10-27-11-9-23)21-18(26)24-6-4-22(5-7-24)14-2-3-15(19)16(20)12-14/h2-3,12-13H,4-11H2,1H3,(H,21,26)/t13-/m0/s1. The molecule has 1 N–H and O–H groups in total. The van der Waals surface area contributed by atoms with E-state index in [1.165, 1.54) is 0 Å². The van der Waals surface area contributed by atoms with E-state index in [-0.39, 0.29) is 11.9 Å². The largest absolute Gasteiger partial charge is 0.368 e. The molecule has 3 amide bonds. The fourth-order valence-corrected chi connectivity index (χ4v) is 4.44. The highest BCUT2D eigenvalue weighted by atomic mass is 35.5. The third kappa shape index (κ3) is 5.15. The summed E-state index contributed by atoms with van der Waals surface area (Å²) in [7, 11) is 0. The number of rotatable bonds is 3. The lowest BCUT2D eigenvalue weighted by Crippen LogP contribution is -2.56. The number of benzene rings is 1. The number of carbonyl (C=O) groups excluding carboxylic acids is 2. The molecule has 9 heteroatoms. The lowest BCUT2D eigenvalue weighted by Gasteiger charge is -2.37. The predicted molar refractivity (Wildman–Crippen MR) is 112 cm³/mol. The lowest BCUT2D eigenvalue weighted by molar-refractivity contribution is -0.132. The van der Waals surface area contributed by atoms with Crippen LogP contribution in [0.2, 0.25) is 10.0 Å². The molecule has 3 rings (SSSR count). The third-order valence-electron chi connectivity index (χ3n) is 4.87. The zero-order valence-corrected chi connectivity index (χ0v) is 17.6. The van der Waals surface area contributed by atoms with Crippen LogP contribution in [0.15, 0.2) is 18.2 Å². The second kappa shape index (κ2) is 9.26. The average molecular weight is 431 g/mol. The first-order valence-corrected chi connectivity index (χ1v) is 11.0. The SMILES string of the molecule is C[C@H](NC(=O)N1CCN(c2ccc(Cl)c(Cl)c2)CC1)C(=O)N1CCSCC1. The molecular weight excluding hydrogens is 407 g/mol. The van der Waals surface area contributed by atoms with E-state index in [0.717, 1.165) is 30.3 Å². The Morgan fingerprint density at radius 1 is 1.00 bits per heavy atom. The van der Waals surface area contributed by atoms with E-state index in [1.807, 2.05) is 28.8 Å². The maximum atomic E-state index is 12.5. The maximum absolute atomic E-state index is 12.5. The van der Waals surface area contributed by atoms with Gasteiger partial charge >= 0.3 is 6.03 Å². The molecule has 0 spiro atoms. The number of piperazine rings is 1. The second-order valence-corrected chi connectivity index (χ2v) is 8.72. The quantitative estimate of drug-likeness (QED) is 0.800. The van der Waals surface area contributed by atoms with E-state index in [9.17, 15) is 9.59 Å². The first kappa shape index (κ1) is 20.4. The van der Waals surface area contributed by atoms with Crippen LogP contribution in [0.3, 0.4) is 0 Å². The van der Waals surface area contributed by atoms with E-state index in [2.05, 4.69) is 10.2 Å². The van der Waals surface area contributed by atoms with Gasteiger partial charge in [0.1, 0.15) is 6.04 Å². The highest BCUT2D eigenvalue weighted by Gasteiger charge is 2.27. The zero-order chi connectivity index (χ0) is 19.4. The molecule has 0 unspecified atom stereocenters. The highest BCUT2D eigenvalue weighted by Crippen LogP contribution is 2.27. The molecule has 0 saturated carbocycles. The van der Waals surface area contributed by atoms with Crippen molar-refractivity contribution >= 4 is 52.6 Å². The molecule has 0 radical (unpaired) electrons. The van der Waals surface area contributed by atoms with Crippen molar-refractivity contribution < 1.29 is 9.59 Å². The third-order valence-corrected chi connectivity index (χ3v) is 6.55. The number of anilines is 1.